The summed E-state index contributed by atoms with van der Waals surface area (Å²) in [6.07, 6.45) is -2.54. The molecule has 0 saturated carbocycles. The molecule has 1 aromatic rings. The molecular formula is C14H15ClF3N3O. The number of piperidine rings is 1. The van der Waals surface area contributed by atoms with Crippen molar-refractivity contribution in [3.05, 3.63) is 28.5 Å². The van der Waals surface area contributed by atoms with Crippen molar-refractivity contribution in [2.45, 2.75) is 25.1 Å². The van der Waals surface area contributed by atoms with Gasteiger partial charge in [-0.05, 0) is 37.4 Å². The van der Waals surface area contributed by atoms with E-state index in [-0.39, 0.29) is 11.7 Å². The molecule has 3 atom stereocenters. The highest BCUT2D eigenvalue weighted by Crippen LogP contribution is 2.33. The molecule has 2 saturated heterocycles. The van der Waals surface area contributed by atoms with Gasteiger partial charge in [-0.25, -0.2) is 4.98 Å². The summed E-state index contributed by atoms with van der Waals surface area (Å²) in [6.45, 7) is 2.88. The highest BCUT2D eigenvalue weighted by Gasteiger charge is 2.35. The van der Waals surface area contributed by atoms with Crippen LogP contribution in [-0.2, 0) is 6.18 Å². The van der Waals surface area contributed by atoms with E-state index < -0.39 is 22.8 Å². The molecule has 0 radical (unpaired) electrons. The molecule has 0 aromatic carbocycles. The van der Waals surface area contributed by atoms with Crippen LogP contribution in [0.5, 0.6) is 0 Å². The van der Waals surface area contributed by atoms with Gasteiger partial charge in [0.05, 0.1) is 5.56 Å². The van der Waals surface area contributed by atoms with Crippen LogP contribution >= 0.6 is 11.6 Å². The molecule has 2 bridgehead atoms. The molecule has 0 aliphatic carbocycles. The number of halogens is 4. The van der Waals surface area contributed by atoms with Crippen LogP contribution in [-0.4, -0.2) is 41.5 Å². The van der Waals surface area contributed by atoms with Crippen LogP contribution in [0.1, 0.15) is 28.9 Å². The van der Waals surface area contributed by atoms with Gasteiger partial charge in [-0.15, -0.1) is 0 Å². The number of hydrogen-bond donors (Lipinski definition) is 1. The molecular weight excluding hydrogens is 319 g/mol. The number of amides is 1. The molecule has 8 heteroatoms. The number of nitrogens with zero attached hydrogens (tertiary/aromatic N) is 2. The predicted molar refractivity (Wildman–Crippen MR) is 74.7 cm³/mol. The van der Waals surface area contributed by atoms with Crippen molar-refractivity contribution in [1.29, 1.82) is 0 Å². The van der Waals surface area contributed by atoms with Crippen LogP contribution in [0, 0.1) is 5.92 Å². The van der Waals surface area contributed by atoms with Crippen molar-refractivity contribution < 1.29 is 18.0 Å². The third kappa shape index (κ3) is 3.20. The molecule has 0 spiro atoms. The van der Waals surface area contributed by atoms with Gasteiger partial charge in [0.2, 0.25) is 0 Å². The van der Waals surface area contributed by atoms with Crippen LogP contribution in [0.3, 0.4) is 0 Å². The summed E-state index contributed by atoms with van der Waals surface area (Å²) in [5.74, 6) is 0.103. The minimum atomic E-state index is -4.57. The quantitative estimate of drug-likeness (QED) is 0.846. The number of carbonyl (C=O) groups is 1. The molecule has 2 fully saturated rings. The number of aromatic nitrogens is 1. The Bertz CT molecular complexity index is 581. The zero-order valence-corrected chi connectivity index (χ0v) is 12.4. The van der Waals surface area contributed by atoms with Crippen molar-refractivity contribution in [1.82, 2.24) is 15.2 Å². The van der Waals surface area contributed by atoms with Gasteiger partial charge in [0.15, 0.2) is 0 Å². The first-order valence-corrected chi connectivity index (χ1v) is 7.47. The standard InChI is InChI=1S/C14H15ClF3N3O/c15-12-10(14(16,17)18)1-2-11(20-12)13(22)19-9-5-8-3-4-21(6-8)7-9/h1-2,8-9H,3-7H2,(H,19,22)/t8-,9-/m1/s1. The minimum Gasteiger partial charge on any atom is -0.347 e. The fraction of sp³-hybridized carbons (Fsp3) is 0.571. The molecule has 3 rings (SSSR count). The summed E-state index contributed by atoms with van der Waals surface area (Å²) in [6, 6.07) is 1.86. The number of hydrogen-bond acceptors (Lipinski definition) is 3. The number of carbonyl (C=O) groups excluding carboxylic acids is 1. The number of rotatable bonds is 2. The Morgan fingerprint density at radius 3 is 2.77 bits per heavy atom. The Morgan fingerprint density at radius 1 is 1.36 bits per heavy atom. The van der Waals surface area contributed by atoms with Crippen LogP contribution in [0.4, 0.5) is 13.2 Å². The summed E-state index contributed by atoms with van der Waals surface area (Å²) < 4.78 is 37.9. The molecule has 1 amide bonds. The van der Waals surface area contributed by atoms with Gasteiger partial charge in [-0.2, -0.15) is 13.2 Å². The lowest BCUT2D eigenvalue weighted by atomic mass is 9.97. The lowest BCUT2D eigenvalue weighted by Crippen LogP contribution is -2.47. The third-order valence-corrected chi connectivity index (χ3v) is 4.48. The SMILES string of the molecule is O=C(N[C@@H]1C[C@H]2CCN(C2)C1)c1ccc(C(F)(F)F)c(Cl)n1. The van der Waals surface area contributed by atoms with Crippen LogP contribution in [0.15, 0.2) is 12.1 Å². The Morgan fingerprint density at radius 2 is 2.14 bits per heavy atom. The average molecular weight is 334 g/mol. The first-order valence-electron chi connectivity index (χ1n) is 7.10. The first-order chi connectivity index (χ1) is 10.3. The molecule has 1 N–H and O–H groups in total. The van der Waals surface area contributed by atoms with E-state index in [1.165, 1.54) is 0 Å². The molecule has 1 unspecified atom stereocenters. The molecule has 2 aliphatic heterocycles. The smallest absolute Gasteiger partial charge is 0.347 e. The highest BCUT2D eigenvalue weighted by molar-refractivity contribution is 6.30. The highest BCUT2D eigenvalue weighted by atomic mass is 35.5. The monoisotopic (exact) mass is 333 g/mol. The molecule has 1 aromatic heterocycles. The summed E-state index contributed by atoms with van der Waals surface area (Å²) in [4.78, 5) is 18.0. The van der Waals surface area contributed by atoms with Crippen LogP contribution in [0.2, 0.25) is 5.15 Å². The first kappa shape index (κ1) is 15.6. The predicted octanol–water partition coefficient (Wildman–Crippen LogP) is 2.58. The summed E-state index contributed by atoms with van der Waals surface area (Å²) >= 11 is 5.54. The van der Waals surface area contributed by atoms with Gasteiger partial charge >= 0.3 is 6.18 Å². The van der Waals surface area contributed by atoms with Crippen molar-refractivity contribution in [3.8, 4) is 0 Å². The van der Waals surface area contributed by atoms with Gasteiger partial charge in [0.1, 0.15) is 10.8 Å². The fourth-order valence-electron chi connectivity index (χ4n) is 3.20. The van der Waals surface area contributed by atoms with Crippen LogP contribution < -0.4 is 5.32 Å². The van der Waals surface area contributed by atoms with E-state index in [1.54, 1.807) is 0 Å². The maximum Gasteiger partial charge on any atom is 0.419 e. The second-order valence-corrected chi connectivity index (χ2v) is 6.21. The van der Waals surface area contributed by atoms with Gasteiger partial charge in [0.25, 0.3) is 5.91 Å². The zero-order valence-electron chi connectivity index (χ0n) is 11.7. The molecule has 120 valence electrons. The van der Waals surface area contributed by atoms with Gasteiger partial charge < -0.3 is 10.2 Å². The molecule has 2 aliphatic rings. The van der Waals surface area contributed by atoms with Crippen molar-refractivity contribution >= 4 is 17.5 Å². The van der Waals surface area contributed by atoms with E-state index in [0.717, 1.165) is 44.6 Å². The third-order valence-electron chi connectivity index (χ3n) is 4.19. The molecule has 3 heterocycles. The summed E-state index contributed by atoms with van der Waals surface area (Å²) in [5.41, 5.74) is -1.13. The van der Waals surface area contributed by atoms with E-state index in [2.05, 4.69) is 15.2 Å². The Hall–Kier alpha value is -1.34. The average Bonchev–Trinajstić information content (AvgIpc) is 2.76. The van der Waals surface area contributed by atoms with Crippen molar-refractivity contribution in [3.63, 3.8) is 0 Å². The van der Waals surface area contributed by atoms with E-state index >= 15 is 0 Å². The van der Waals surface area contributed by atoms with Crippen molar-refractivity contribution in [2.75, 3.05) is 19.6 Å². The van der Waals surface area contributed by atoms with Gasteiger partial charge in [-0.1, -0.05) is 11.6 Å². The van der Waals surface area contributed by atoms with E-state index in [1.807, 2.05) is 0 Å². The van der Waals surface area contributed by atoms with Gasteiger partial charge in [0, 0.05) is 19.1 Å². The number of fused-ring (bicyclic) bond motifs is 2. The topological polar surface area (TPSA) is 45.2 Å². The Labute approximate surface area is 130 Å². The normalized spacial score (nSPS) is 27.7. The summed E-state index contributed by atoms with van der Waals surface area (Å²) in [5, 5.41) is 2.14. The largest absolute Gasteiger partial charge is 0.419 e. The molecule has 4 nitrogen and oxygen atoms in total. The second kappa shape index (κ2) is 5.70. The second-order valence-electron chi connectivity index (χ2n) is 5.85. The zero-order chi connectivity index (χ0) is 15.9. The molecule has 22 heavy (non-hydrogen) atoms. The lowest BCUT2D eigenvalue weighted by molar-refractivity contribution is -0.137. The maximum atomic E-state index is 12.6. The number of alkyl halides is 3. The summed E-state index contributed by atoms with van der Waals surface area (Å²) in [7, 11) is 0. The van der Waals surface area contributed by atoms with Crippen molar-refractivity contribution in [2.24, 2.45) is 5.92 Å². The maximum absolute atomic E-state index is 12.6. The van der Waals surface area contributed by atoms with E-state index in [4.69, 9.17) is 11.6 Å². The lowest BCUT2D eigenvalue weighted by Gasteiger charge is -2.30. The Balaban J connectivity index is 1.69. The van der Waals surface area contributed by atoms with E-state index in [9.17, 15) is 18.0 Å². The number of nitrogens with one attached hydrogen (secondary N) is 1. The minimum absolute atomic E-state index is 0.0108. The fourth-order valence-corrected chi connectivity index (χ4v) is 3.46. The van der Waals surface area contributed by atoms with Crippen LogP contribution in [0.25, 0.3) is 0 Å². The van der Waals surface area contributed by atoms with Gasteiger partial charge in [-0.3, -0.25) is 4.79 Å². The van der Waals surface area contributed by atoms with E-state index in [0.29, 0.717) is 5.92 Å². The number of pyridine rings is 1. The Kier molecular flexibility index (Phi) is 4.03.